The number of hydrogen-bond acceptors (Lipinski definition) is 2. The van der Waals surface area contributed by atoms with Crippen molar-refractivity contribution in [3.63, 3.8) is 0 Å². The summed E-state index contributed by atoms with van der Waals surface area (Å²) >= 11 is 0. The van der Waals surface area contributed by atoms with Crippen LogP contribution in [0.25, 0.3) is 0 Å². The number of carbonyl (C=O) groups excluding carboxylic acids is 1. The summed E-state index contributed by atoms with van der Waals surface area (Å²) in [7, 11) is 0. The average Bonchev–Trinajstić information content (AvgIpc) is 2.39. The Kier molecular flexibility index (Phi) is 6.50. The van der Waals surface area contributed by atoms with Gasteiger partial charge in [-0.15, -0.1) is 12.4 Å². The Hall–Kier alpha value is -1.06. The predicted octanol–water partition coefficient (Wildman–Crippen LogP) is 2.73. The van der Waals surface area contributed by atoms with Gasteiger partial charge in [0.05, 0.1) is 0 Å². The van der Waals surface area contributed by atoms with Crippen molar-refractivity contribution in [3.05, 3.63) is 35.4 Å². The average molecular weight is 297 g/mol. The Labute approximate surface area is 128 Å². The minimum atomic E-state index is 0. The summed E-state index contributed by atoms with van der Waals surface area (Å²) < 4.78 is 0. The van der Waals surface area contributed by atoms with Gasteiger partial charge in [0.1, 0.15) is 0 Å². The fraction of sp³-hybridized carbons (Fsp3) is 0.562. The SMILES string of the molecule is Cc1ccccc1C(C)CC(=O)N1CCNC[C@@H]1C.Cl. The molecule has 0 spiro atoms. The van der Waals surface area contributed by atoms with Crippen LogP contribution in [0, 0.1) is 6.92 Å². The fourth-order valence-corrected chi connectivity index (χ4v) is 2.84. The van der Waals surface area contributed by atoms with Crippen LogP contribution in [0.15, 0.2) is 24.3 Å². The molecular formula is C16H25ClN2O. The lowest BCUT2D eigenvalue weighted by Crippen LogP contribution is -2.52. The van der Waals surface area contributed by atoms with Gasteiger partial charge in [0.25, 0.3) is 0 Å². The number of nitrogens with one attached hydrogen (secondary N) is 1. The van der Waals surface area contributed by atoms with Gasteiger partial charge in [-0.25, -0.2) is 0 Å². The lowest BCUT2D eigenvalue weighted by molar-refractivity contribution is -0.134. The van der Waals surface area contributed by atoms with Crippen molar-refractivity contribution in [2.75, 3.05) is 19.6 Å². The summed E-state index contributed by atoms with van der Waals surface area (Å²) in [5.74, 6) is 0.570. The summed E-state index contributed by atoms with van der Waals surface area (Å²) in [6.07, 6.45) is 0.606. The molecule has 0 aromatic heterocycles. The third-order valence-corrected chi connectivity index (χ3v) is 4.02. The zero-order valence-electron chi connectivity index (χ0n) is 12.6. The second kappa shape index (κ2) is 7.65. The smallest absolute Gasteiger partial charge is 0.223 e. The zero-order valence-corrected chi connectivity index (χ0v) is 13.4. The minimum absolute atomic E-state index is 0. The normalized spacial score (nSPS) is 20.1. The lowest BCUT2D eigenvalue weighted by Gasteiger charge is -2.34. The molecule has 1 N–H and O–H groups in total. The molecule has 1 saturated heterocycles. The van der Waals surface area contributed by atoms with Crippen LogP contribution in [0.5, 0.6) is 0 Å². The maximum Gasteiger partial charge on any atom is 0.223 e. The van der Waals surface area contributed by atoms with Crippen LogP contribution >= 0.6 is 12.4 Å². The lowest BCUT2D eigenvalue weighted by atomic mass is 9.93. The van der Waals surface area contributed by atoms with Gasteiger partial charge in [-0.2, -0.15) is 0 Å². The van der Waals surface area contributed by atoms with Gasteiger partial charge >= 0.3 is 0 Å². The van der Waals surface area contributed by atoms with E-state index in [9.17, 15) is 4.79 Å². The van der Waals surface area contributed by atoms with Crippen LogP contribution in [0.3, 0.4) is 0 Å². The molecular weight excluding hydrogens is 272 g/mol. The van der Waals surface area contributed by atoms with E-state index in [2.05, 4.69) is 44.3 Å². The molecule has 2 atom stereocenters. The molecule has 2 rings (SSSR count). The molecule has 1 aliphatic rings. The van der Waals surface area contributed by atoms with E-state index in [-0.39, 0.29) is 24.2 Å². The minimum Gasteiger partial charge on any atom is -0.337 e. The quantitative estimate of drug-likeness (QED) is 0.930. The topological polar surface area (TPSA) is 32.3 Å². The molecule has 1 aromatic carbocycles. The van der Waals surface area contributed by atoms with E-state index in [0.717, 1.165) is 19.6 Å². The first-order valence-corrected chi connectivity index (χ1v) is 7.15. The van der Waals surface area contributed by atoms with E-state index in [1.807, 2.05) is 11.0 Å². The standard InChI is InChI=1S/C16H24N2O.ClH/c1-12-6-4-5-7-15(12)13(2)10-16(19)18-9-8-17-11-14(18)3;/h4-7,13-14,17H,8-11H2,1-3H3;1H/t13?,14-;/m0./s1. The summed E-state index contributed by atoms with van der Waals surface area (Å²) in [6.45, 7) is 9.03. The molecule has 112 valence electrons. The van der Waals surface area contributed by atoms with Crippen LogP contribution in [-0.4, -0.2) is 36.5 Å². The monoisotopic (exact) mass is 296 g/mol. The van der Waals surface area contributed by atoms with Gasteiger partial charge in [0.2, 0.25) is 5.91 Å². The molecule has 0 saturated carbocycles. The third-order valence-electron chi connectivity index (χ3n) is 4.02. The highest BCUT2D eigenvalue weighted by atomic mass is 35.5. The van der Waals surface area contributed by atoms with Crippen LogP contribution in [0.4, 0.5) is 0 Å². The molecule has 4 heteroatoms. The van der Waals surface area contributed by atoms with Crippen LogP contribution in [0.2, 0.25) is 0 Å². The van der Waals surface area contributed by atoms with Gasteiger partial charge in [0.15, 0.2) is 0 Å². The predicted molar refractivity (Wildman–Crippen MR) is 85.5 cm³/mol. The molecule has 1 aromatic rings. The highest BCUT2D eigenvalue weighted by Gasteiger charge is 2.24. The van der Waals surface area contributed by atoms with Gasteiger partial charge in [-0.3, -0.25) is 4.79 Å². The second-order valence-electron chi connectivity index (χ2n) is 5.60. The van der Waals surface area contributed by atoms with E-state index in [1.165, 1.54) is 11.1 Å². The van der Waals surface area contributed by atoms with Crippen LogP contribution in [0.1, 0.15) is 37.3 Å². The van der Waals surface area contributed by atoms with E-state index in [1.54, 1.807) is 0 Å². The third kappa shape index (κ3) is 3.97. The first-order valence-electron chi connectivity index (χ1n) is 7.15. The van der Waals surface area contributed by atoms with Crippen molar-refractivity contribution in [1.82, 2.24) is 10.2 Å². The Bertz CT molecular complexity index is 450. The van der Waals surface area contributed by atoms with E-state index < -0.39 is 0 Å². The maximum absolute atomic E-state index is 12.4. The van der Waals surface area contributed by atoms with Gasteiger partial charge < -0.3 is 10.2 Å². The molecule has 1 amide bonds. The second-order valence-corrected chi connectivity index (χ2v) is 5.60. The first kappa shape index (κ1) is 17.0. The van der Waals surface area contributed by atoms with Crippen molar-refractivity contribution in [3.8, 4) is 0 Å². The Morgan fingerprint density at radius 3 is 2.80 bits per heavy atom. The van der Waals surface area contributed by atoms with Crippen molar-refractivity contribution in [2.45, 2.75) is 39.2 Å². The first-order chi connectivity index (χ1) is 9.09. The number of aryl methyl sites for hydroxylation is 1. The van der Waals surface area contributed by atoms with Crippen molar-refractivity contribution >= 4 is 18.3 Å². The molecule has 1 unspecified atom stereocenters. The number of rotatable bonds is 3. The van der Waals surface area contributed by atoms with Gasteiger partial charge in [-0.05, 0) is 30.9 Å². The molecule has 0 radical (unpaired) electrons. The van der Waals surface area contributed by atoms with Gasteiger partial charge in [0, 0.05) is 32.1 Å². The zero-order chi connectivity index (χ0) is 13.8. The van der Waals surface area contributed by atoms with Crippen LogP contribution in [-0.2, 0) is 4.79 Å². The number of halogens is 1. The number of benzene rings is 1. The summed E-state index contributed by atoms with van der Waals surface area (Å²) in [5.41, 5.74) is 2.56. The fourth-order valence-electron chi connectivity index (χ4n) is 2.84. The Balaban J connectivity index is 0.00000200. The number of amides is 1. The molecule has 1 fully saturated rings. The summed E-state index contributed by atoms with van der Waals surface area (Å²) in [4.78, 5) is 14.4. The molecule has 3 nitrogen and oxygen atoms in total. The number of piperazine rings is 1. The van der Waals surface area contributed by atoms with Crippen molar-refractivity contribution in [2.24, 2.45) is 0 Å². The molecule has 0 bridgehead atoms. The van der Waals surface area contributed by atoms with Crippen molar-refractivity contribution in [1.29, 1.82) is 0 Å². The molecule has 0 aliphatic carbocycles. The summed E-state index contributed by atoms with van der Waals surface area (Å²) in [5, 5.41) is 3.32. The van der Waals surface area contributed by atoms with E-state index in [0.29, 0.717) is 12.5 Å². The Morgan fingerprint density at radius 1 is 1.45 bits per heavy atom. The molecule has 20 heavy (non-hydrogen) atoms. The molecule has 1 heterocycles. The highest BCUT2D eigenvalue weighted by molar-refractivity contribution is 5.85. The number of hydrogen-bond donors (Lipinski definition) is 1. The highest BCUT2D eigenvalue weighted by Crippen LogP contribution is 2.23. The van der Waals surface area contributed by atoms with Crippen molar-refractivity contribution < 1.29 is 4.79 Å². The largest absolute Gasteiger partial charge is 0.337 e. The summed E-state index contributed by atoms with van der Waals surface area (Å²) in [6, 6.07) is 8.66. The van der Waals surface area contributed by atoms with E-state index >= 15 is 0 Å². The van der Waals surface area contributed by atoms with Gasteiger partial charge in [-0.1, -0.05) is 31.2 Å². The van der Waals surface area contributed by atoms with E-state index in [4.69, 9.17) is 0 Å². The molecule has 1 aliphatic heterocycles. The van der Waals surface area contributed by atoms with Crippen LogP contribution < -0.4 is 5.32 Å². The maximum atomic E-state index is 12.4. The number of carbonyl (C=O) groups is 1. The Morgan fingerprint density at radius 2 is 2.15 bits per heavy atom. The number of nitrogens with zero attached hydrogens (tertiary/aromatic N) is 1.